The molecule has 0 saturated carbocycles. The summed E-state index contributed by atoms with van der Waals surface area (Å²) < 4.78 is 10.7. The Balaban J connectivity index is 2.36. The molecule has 0 radical (unpaired) electrons. The molecule has 5 heteroatoms. The number of nitrogens with two attached hydrogens (primary N) is 1. The highest BCUT2D eigenvalue weighted by Gasteiger charge is 2.09. The average Bonchev–Trinajstić information content (AvgIpc) is 2.52. The Labute approximate surface area is 126 Å². The molecule has 1 aromatic rings. The molecule has 0 heterocycles. The molecule has 118 valence electrons. The van der Waals surface area contributed by atoms with Crippen LogP contribution in [0.1, 0.15) is 25.0 Å². The van der Waals surface area contributed by atoms with Gasteiger partial charge in [-0.05, 0) is 18.1 Å². The molecule has 5 nitrogen and oxygen atoms in total. The molecule has 0 aliphatic carbocycles. The number of benzene rings is 1. The summed E-state index contributed by atoms with van der Waals surface area (Å²) in [7, 11) is 0. The van der Waals surface area contributed by atoms with Gasteiger partial charge in [-0.25, -0.2) is 0 Å². The van der Waals surface area contributed by atoms with Crippen LogP contribution >= 0.6 is 0 Å². The zero-order chi connectivity index (χ0) is 15.5. The van der Waals surface area contributed by atoms with E-state index >= 15 is 0 Å². The van der Waals surface area contributed by atoms with Crippen molar-refractivity contribution in [3.05, 3.63) is 35.4 Å². The summed E-state index contributed by atoms with van der Waals surface area (Å²) in [5, 5.41) is 2.88. The van der Waals surface area contributed by atoms with Crippen molar-refractivity contribution in [3.8, 4) is 0 Å². The molecule has 0 aromatic heterocycles. The molecule has 1 atom stereocenters. The highest BCUT2D eigenvalue weighted by atomic mass is 16.5. The number of hydrogen-bond acceptors (Lipinski definition) is 4. The van der Waals surface area contributed by atoms with Gasteiger partial charge in [-0.1, -0.05) is 31.2 Å². The standard InChI is InChI=1S/C16H26N2O3/c1-3-20-7-8-21-12-15-6-4-5-14(9-15)11-18-16(19)13(2)10-17/h4-6,9,13H,3,7-8,10-12,17H2,1-2H3,(H,18,19). The summed E-state index contributed by atoms with van der Waals surface area (Å²) >= 11 is 0. The molecular weight excluding hydrogens is 268 g/mol. The first kappa shape index (κ1) is 17.6. The first-order valence-corrected chi connectivity index (χ1v) is 7.38. The highest BCUT2D eigenvalue weighted by molar-refractivity contribution is 5.78. The van der Waals surface area contributed by atoms with Crippen LogP contribution in [-0.2, 0) is 27.4 Å². The molecule has 0 saturated heterocycles. The van der Waals surface area contributed by atoms with Crippen LogP contribution in [0, 0.1) is 5.92 Å². The summed E-state index contributed by atoms with van der Waals surface area (Å²) in [5.74, 6) is -0.175. The van der Waals surface area contributed by atoms with Gasteiger partial charge in [-0.2, -0.15) is 0 Å². The second kappa shape index (κ2) is 10.3. The van der Waals surface area contributed by atoms with Gasteiger partial charge in [0.05, 0.1) is 19.8 Å². The van der Waals surface area contributed by atoms with E-state index in [1.807, 2.05) is 38.1 Å². The fraction of sp³-hybridized carbons (Fsp3) is 0.562. The molecule has 1 unspecified atom stereocenters. The number of nitrogens with one attached hydrogen (secondary N) is 1. The van der Waals surface area contributed by atoms with E-state index in [2.05, 4.69) is 5.32 Å². The summed E-state index contributed by atoms with van der Waals surface area (Å²) in [5.41, 5.74) is 7.61. The fourth-order valence-corrected chi connectivity index (χ4v) is 1.75. The van der Waals surface area contributed by atoms with Gasteiger partial charge < -0.3 is 20.5 Å². The minimum Gasteiger partial charge on any atom is -0.379 e. The largest absolute Gasteiger partial charge is 0.379 e. The first-order valence-electron chi connectivity index (χ1n) is 7.38. The average molecular weight is 294 g/mol. The van der Waals surface area contributed by atoms with E-state index in [0.717, 1.165) is 11.1 Å². The molecule has 0 bridgehead atoms. The zero-order valence-electron chi connectivity index (χ0n) is 12.9. The van der Waals surface area contributed by atoms with Gasteiger partial charge in [0, 0.05) is 25.6 Å². The minimum absolute atomic E-state index is 0.0177. The second-order valence-corrected chi connectivity index (χ2v) is 4.92. The Bertz CT molecular complexity index is 424. The number of amides is 1. The Morgan fingerprint density at radius 3 is 2.71 bits per heavy atom. The van der Waals surface area contributed by atoms with Crippen molar-refractivity contribution in [1.29, 1.82) is 0 Å². The predicted molar refractivity (Wildman–Crippen MR) is 82.7 cm³/mol. The molecule has 0 spiro atoms. The van der Waals surface area contributed by atoms with Gasteiger partial charge in [-0.15, -0.1) is 0 Å². The third-order valence-corrected chi connectivity index (χ3v) is 3.10. The lowest BCUT2D eigenvalue weighted by Crippen LogP contribution is -2.32. The quantitative estimate of drug-likeness (QED) is 0.641. The maximum absolute atomic E-state index is 11.7. The van der Waals surface area contributed by atoms with Crippen LogP contribution in [0.25, 0.3) is 0 Å². The normalized spacial score (nSPS) is 12.1. The SMILES string of the molecule is CCOCCOCc1cccc(CNC(=O)C(C)CN)c1. The Kier molecular flexibility index (Phi) is 8.66. The van der Waals surface area contributed by atoms with Crippen LogP contribution < -0.4 is 11.1 Å². The molecule has 1 aromatic carbocycles. The molecule has 1 amide bonds. The van der Waals surface area contributed by atoms with E-state index in [4.69, 9.17) is 15.2 Å². The topological polar surface area (TPSA) is 73.6 Å². The highest BCUT2D eigenvalue weighted by Crippen LogP contribution is 2.07. The predicted octanol–water partition coefficient (Wildman–Crippen LogP) is 1.45. The van der Waals surface area contributed by atoms with E-state index in [0.29, 0.717) is 39.5 Å². The summed E-state index contributed by atoms with van der Waals surface area (Å²) in [6.45, 7) is 7.11. The van der Waals surface area contributed by atoms with Crippen LogP contribution in [-0.4, -0.2) is 32.3 Å². The molecule has 0 aliphatic heterocycles. The summed E-state index contributed by atoms with van der Waals surface area (Å²) in [6, 6.07) is 7.99. The Morgan fingerprint density at radius 1 is 1.29 bits per heavy atom. The van der Waals surface area contributed by atoms with Gasteiger partial charge >= 0.3 is 0 Å². The molecule has 0 aliphatic rings. The maximum atomic E-state index is 11.7. The van der Waals surface area contributed by atoms with Gasteiger partial charge in [0.15, 0.2) is 0 Å². The number of carbonyl (C=O) groups is 1. The number of rotatable bonds is 10. The maximum Gasteiger partial charge on any atom is 0.224 e. The zero-order valence-corrected chi connectivity index (χ0v) is 12.9. The van der Waals surface area contributed by atoms with E-state index in [1.54, 1.807) is 0 Å². The Morgan fingerprint density at radius 2 is 2.00 bits per heavy atom. The summed E-state index contributed by atoms with van der Waals surface area (Å²) in [6.07, 6.45) is 0. The van der Waals surface area contributed by atoms with Crippen molar-refractivity contribution in [1.82, 2.24) is 5.32 Å². The number of ether oxygens (including phenoxy) is 2. The number of carbonyl (C=O) groups excluding carboxylic acids is 1. The van der Waals surface area contributed by atoms with Crippen LogP contribution in [0.4, 0.5) is 0 Å². The third kappa shape index (κ3) is 7.22. The monoisotopic (exact) mass is 294 g/mol. The van der Waals surface area contributed by atoms with Gasteiger partial charge in [0.25, 0.3) is 0 Å². The van der Waals surface area contributed by atoms with Crippen LogP contribution in [0.15, 0.2) is 24.3 Å². The lowest BCUT2D eigenvalue weighted by molar-refractivity contribution is -0.124. The lowest BCUT2D eigenvalue weighted by Gasteiger charge is -2.11. The number of hydrogen-bond donors (Lipinski definition) is 2. The third-order valence-electron chi connectivity index (χ3n) is 3.10. The lowest BCUT2D eigenvalue weighted by atomic mass is 10.1. The van der Waals surface area contributed by atoms with Crippen molar-refractivity contribution in [2.24, 2.45) is 11.7 Å². The van der Waals surface area contributed by atoms with E-state index in [-0.39, 0.29) is 11.8 Å². The van der Waals surface area contributed by atoms with Crippen LogP contribution in [0.5, 0.6) is 0 Å². The van der Waals surface area contributed by atoms with E-state index in [1.165, 1.54) is 0 Å². The van der Waals surface area contributed by atoms with E-state index in [9.17, 15) is 4.79 Å². The molecule has 1 rings (SSSR count). The van der Waals surface area contributed by atoms with Crippen molar-refractivity contribution >= 4 is 5.91 Å². The smallest absolute Gasteiger partial charge is 0.224 e. The van der Waals surface area contributed by atoms with Gasteiger partial charge in [0.2, 0.25) is 5.91 Å². The summed E-state index contributed by atoms with van der Waals surface area (Å²) in [4.78, 5) is 11.7. The van der Waals surface area contributed by atoms with Crippen molar-refractivity contribution in [3.63, 3.8) is 0 Å². The minimum atomic E-state index is -0.157. The van der Waals surface area contributed by atoms with Crippen LogP contribution in [0.3, 0.4) is 0 Å². The van der Waals surface area contributed by atoms with Crippen molar-refractivity contribution in [2.75, 3.05) is 26.4 Å². The van der Waals surface area contributed by atoms with Gasteiger partial charge in [0.1, 0.15) is 0 Å². The van der Waals surface area contributed by atoms with Crippen LogP contribution in [0.2, 0.25) is 0 Å². The Hall–Kier alpha value is -1.43. The van der Waals surface area contributed by atoms with E-state index < -0.39 is 0 Å². The molecular formula is C16H26N2O3. The second-order valence-electron chi connectivity index (χ2n) is 4.92. The fourth-order valence-electron chi connectivity index (χ4n) is 1.75. The molecule has 3 N–H and O–H groups in total. The first-order chi connectivity index (χ1) is 10.2. The van der Waals surface area contributed by atoms with Crippen molar-refractivity contribution in [2.45, 2.75) is 27.0 Å². The molecule has 21 heavy (non-hydrogen) atoms. The van der Waals surface area contributed by atoms with Gasteiger partial charge in [-0.3, -0.25) is 4.79 Å². The molecule has 0 fully saturated rings. The van der Waals surface area contributed by atoms with Crippen molar-refractivity contribution < 1.29 is 14.3 Å².